The summed E-state index contributed by atoms with van der Waals surface area (Å²) in [5, 5.41) is 3.19. The molecule has 0 aromatic carbocycles. The third-order valence-electron chi connectivity index (χ3n) is 3.28. The zero-order valence-electron chi connectivity index (χ0n) is 10.5. The lowest BCUT2D eigenvalue weighted by atomic mass is 10.0. The summed E-state index contributed by atoms with van der Waals surface area (Å²) in [7, 11) is 1.95. The number of carbonyl (C=O) groups is 1. The predicted molar refractivity (Wildman–Crippen MR) is 71.7 cm³/mol. The molecule has 3 nitrogen and oxygen atoms in total. The van der Waals surface area contributed by atoms with Crippen LogP contribution in [0.5, 0.6) is 0 Å². The molecule has 2 heterocycles. The number of rotatable bonds is 3. The van der Waals surface area contributed by atoms with Crippen LogP contribution in [0.25, 0.3) is 0 Å². The number of piperidine rings is 1. The summed E-state index contributed by atoms with van der Waals surface area (Å²) in [4.78, 5) is 16.5. The molecule has 1 aliphatic heterocycles. The Bertz CT molecular complexity index is 387. The first kappa shape index (κ1) is 12.6. The van der Waals surface area contributed by atoms with E-state index in [0.717, 1.165) is 30.8 Å². The second-order valence-electron chi connectivity index (χ2n) is 4.62. The van der Waals surface area contributed by atoms with Crippen LogP contribution in [0.15, 0.2) is 12.1 Å². The first-order valence-electron chi connectivity index (χ1n) is 6.24. The van der Waals surface area contributed by atoms with E-state index < -0.39 is 0 Å². The molecular weight excluding hydrogens is 232 g/mol. The van der Waals surface area contributed by atoms with Crippen LogP contribution < -0.4 is 5.32 Å². The fraction of sp³-hybridized carbons (Fsp3) is 0.615. The number of thiophene rings is 1. The smallest absolute Gasteiger partial charge is 0.264 e. The number of nitrogens with one attached hydrogen (secondary N) is 1. The molecule has 0 radical (unpaired) electrons. The van der Waals surface area contributed by atoms with E-state index in [4.69, 9.17) is 0 Å². The van der Waals surface area contributed by atoms with Crippen molar-refractivity contribution in [2.75, 3.05) is 20.1 Å². The molecule has 2 rings (SSSR count). The van der Waals surface area contributed by atoms with Gasteiger partial charge in [-0.3, -0.25) is 4.79 Å². The van der Waals surface area contributed by atoms with Gasteiger partial charge in [0.1, 0.15) is 0 Å². The number of aryl methyl sites for hydroxylation is 1. The van der Waals surface area contributed by atoms with Gasteiger partial charge in [-0.15, -0.1) is 11.3 Å². The average molecular weight is 252 g/mol. The second-order valence-corrected chi connectivity index (χ2v) is 5.90. The molecule has 0 aliphatic carbocycles. The van der Waals surface area contributed by atoms with Gasteiger partial charge in [0, 0.05) is 24.0 Å². The Morgan fingerprint density at radius 1 is 1.53 bits per heavy atom. The number of carbonyl (C=O) groups excluding carboxylic acids is 1. The maximum absolute atomic E-state index is 12.4. The maximum Gasteiger partial charge on any atom is 0.264 e. The monoisotopic (exact) mass is 252 g/mol. The molecule has 0 bridgehead atoms. The summed E-state index contributed by atoms with van der Waals surface area (Å²) in [5.74, 6) is 0.211. The molecule has 1 N–H and O–H groups in total. The standard InChI is InChI=1S/C13H20N2OS/c1-10-6-7-12(17-10)13(16)15-8-4-3-5-11(15)9-14-2/h6-7,11,14H,3-5,8-9H2,1-2H3. The average Bonchev–Trinajstić information content (AvgIpc) is 2.76. The largest absolute Gasteiger partial charge is 0.334 e. The van der Waals surface area contributed by atoms with Crippen LogP contribution >= 0.6 is 11.3 Å². The van der Waals surface area contributed by atoms with Crippen molar-refractivity contribution in [3.05, 3.63) is 21.9 Å². The predicted octanol–water partition coefficient (Wildman–Crippen LogP) is 2.27. The molecule has 17 heavy (non-hydrogen) atoms. The minimum absolute atomic E-state index is 0.211. The van der Waals surface area contributed by atoms with Crippen LogP contribution in [0.1, 0.15) is 33.8 Å². The van der Waals surface area contributed by atoms with Crippen molar-refractivity contribution in [1.29, 1.82) is 0 Å². The number of hydrogen-bond acceptors (Lipinski definition) is 3. The molecule has 1 aliphatic rings. The summed E-state index contributed by atoms with van der Waals surface area (Å²) in [6.45, 7) is 3.85. The Labute approximate surface area is 107 Å². The molecular formula is C13H20N2OS. The molecule has 94 valence electrons. The van der Waals surface area contributed by atoms with Crippen molar-refractivity contribution in [2.24, 2.45) is 0 Å². The molecule has 1 saturated heterocycles. The third kappa shape index (κ3) is 2.87. The Balaban J connectivity index is 2.10. The van der Waals surface area contributed by atoms with E-state index in [2.05, 4.69) is 5.32 Å². The summed E-state index contributed by atoms with van der Waals surface area (Å²) in [5.41, 5.74) is 0. The Morgan fingerprint density at radius 3 is 3.00 bits per heavy atom. The molecule has 1 amide bonds. The molecule has 1 atom stereocenters. The van der Waals surface area contributed by atoms with E-state index in [1.807, 2.05) is 31.0 Å². The topological polar surface area (TPSA) is 32.3 Å². The minimum Gasteiger partial charge on any atom is -0.334 e. The van der Waals surface area contributed by atoms with Crippen LogP contribution in [0.4, 0.5) is 0 Å². The van der Waals surface area contributed by atoms with Gasteiger partial charge in [-0.2, -0.15) is 0 Å². The fourth-order valence-electron chi connectivity index (χ4n) is 2.41. The van der Waals surface area contributed by atoms with E-state index in [1.54, 1.807) is 11.3 Å². The molecule has 0 spiro atoms. The number of amides is 1. The van der Waals surface area contributed by atoms with E-state index in [0.29, 0.717) is 6.04 Å². The molecule has 1 aromatic rings. The number of nitrogens with zero attached hydrogens (tertiary/aromatic N) is 1. The zero-order valence-corrected chi connectivity index (χ0v) is 11.3. The Kier molecular flexibility index (Phi) is 4.18. The maximum atomic E-state index is 12.4. The highest BCUT2D eigenvalue weighted by Gasteiger charge is 2.27. The van der Waals surface area contributed by atoms with Crippen molar-refractivity contribution >= 4 is 17.2 Å². The van der Waals surface area contributed by atoms with E-state index in [9.17, 15) is 4.79 Å². The van der Waals surface area contributed by atoms with Gasteiger partial charge in [-0.25, -0.2) is 0 Å². The van der Waals surface area contributed by atoms with Crippen molar-refractivity contribution in [1.82, 2.24) is 10.2 Å². The molecule has 4 heteroatoms. The van der Waals surface area contributed by atoms with Gasteiger partial charge in [0.2, 0.25) is 0 Å². The van der Waals surface area contributed by atoms with Crippen LogP contribution in [0.3, 0.4) is 0 Å². The van der Waals surface area contributed by atoms with Crippen LogP contribution in [0, 0.1) is 6.92 Å². The van der Waals surface area contributed by atoms with Gasteiger partial charge < -0.3 is 10.2 Å². The zero-order chi connectivity index (χ0) is 12.3. The molecule has 1 fully saturated rings. The summed E-state index contributed by atoms with van der Waals surface area (Å²) < 4.78 is 0. The highest BCUT2D eigenvalue weighted by Crippen LogP contribution is 2.23. The van der Waals surface area contributed by atoms with Crippen LogP contribution in [-0.4, -0.2) is 37.0 Å². The first-order chi connectivity index (χ1) is 8.22. The van der Waals surface area contributed by atoms with Crippen molar-refractivity contribution in [3.63, 3.8) is 0 Å². The summed E-state index contributed by atoms with van der Waals surface area (Å²) >= 11 is 1.60. The minimum atomic E-state index is 0.211. The Morgan fingerprint density at radius 2 is 2.35 bits per heavy atom. The lowest BCUT2D eigenvalue weighted by molar-refractivity contribution is 0.0620. The summed E-state index contributed by atoms with van der Waals surface area (Å²) in [6, 6.07) is 4.34. The van der Waals surface area contributed by atoms with Crippen LogP contribution in [-0.2, 0) is 0 Å². The quantitative estimate of drug-likeness (QED) is 0.895. The van der Waals surface area contributed by atoms with Gasteiger partial charge in [0.15, 0.2) is 0 Å². The number of hydrogen-bond donors (Lipinski definition) is 1. The highest BCUT2D eigenvalue weighted by atomic mass is 32.1. The van der Waals surface area contributed by atoms with Gasteiger partial charge in [-0.1, -0.05) is 0 Å². The van der Waals surface area contributed by atoms with Gasteiger partial charge in [0.05, 0.1) is 4.88 Å². The summed E-state index contributed by atoms with van der Waals surface area (Å²) in [6.07, 6.45) is 3.49. The van der Waals surface area contributed by atoms with E-state index >= 15 is 0 Å². The van der Waals surface area contributed by atoms with Gasteiger partial charge in [-0.05, 0) is 45.4 Å². The highest BCUT2D eigenvalue weighted by molar-refractivity contribution is 7.13. The lowest BCUT2D eigenvalue weighted by Crippen LogP contribution is -2.47. The molecule has 1 aromatic heterocycles. The third-order valence-corrected chi connectivity index (χ3v) is 4.27. The SMILES string of the molecule is CNCC1CCCCN1C(=O)c1ccc(C)s1. The molecule has 0 saturated carbocycles. The lowest BCUT2D eigenvalue weighted by Gasteiger charge is -2.35. The second kappa shape index (κ2) is 5.65. The van der Waals surface area contributed by atoms with Gasteiger partial charge >= 0.3 is 0 Å². The van der Waals surface area contributed by atoms with Crippen LogP contribution in [0.2, 0.25) is 0 Å². The van der Waals surface area contributed by atoms with Crippen molar-refractivity contribution in [2.45, 2.75) is 32.2 Å². The number of likely N-dealkylation sites (N-methyl/N-ethyl adjacent to an activating group) is 1. The first-order valence-corrected chi connectivity index (χ1v) is 7.06. The van der Waals surface area contributed by atoms with Gasteiger partial charge in [0.25, 0.3) is 5.91 Å². The van der Waals surface area contributed by atoms with Crippen molar-refractivity contribution in [3.8, 4) is 0 Å². The van der Waals surface area contributed by atoms with E-state index in [-0.39, 0.29) is 5.91 Å². The molecule has 1 unspecified atom stereocenters. The normalized spacial score (nSPS) is 20.6. The van der Waals surface area contributed by atoms with E-state index in [1.165, 1.54) is 11.3 Å². The van der Waals surface area contributed by atoms with Crippen molar-refractivity contribution < 1.29 is 4.79 Å². The Hall–Kier alpha value is -0.870. The fourth-order valence-corrected chi connectivity index (χ4v) is 3.23. The number of likely N-dealkylation sites (tertiary alicyclic amines) is 1.